The minimum absolute atomic E-state index is 0. The van der Waals surface area contributed by atoms with Gasteiger partial charge in [0.25, 0.3) is 0 Å². The number of rotatable bonds is 3. The molecule has 2 rings (SSSR count). The van der Waals surface area contributed by atoms with Gasteiger partial charge < -0.3 is 5.32 Å². The van der Waals surface area contributed by atoms with Gasteiger partial charge in [0.1, 0.15) is 0 Å². The van der Waals surface area contributed by atoms with Crippen LogP contribution >= 0.6 is 24.8 Å². The minimum Gasteiger partial charge on any atom is -0.312 e. The summed E-state index contributed by atoms with van der Waals surface area (Å²) in [5.41, 5.74) is 1.28. The SMILES string of the molecule is CC1CN(CC=Cc2ccccc2)CCN1.Cl.Cl. The van der Waals surface area contributed by atoms with Crippen LogP contribution in [0.5, 0.6) is 0 Å². The van der Waals surface area contributed by atoms with Gasteiger partial charge >= 0.3 is 0 Å². The van der Waals surface area contributed by atoms with Crippen molar-refractivity contribution >= 4 is 30.9 Å². The molecule has 4 heteroatoms. The largest absolute Gasteiger partial charge is 0.312 e. The molecule has 1 atom stereocenters. The molecule has 1 aromatic carbocycles. The van der Waals surface area contributed by atoms with Gasteiger partial charge in [0, 0.05) is 32.2 Å². The molecule has 1 saturated heterocycles. The number of nitrogens with zero attached hydrogens (tertiary/aromatic N) is 1. The molecular formula is C14H22Cl2N2. The molecule has 1 aliphatic heterocycles. The molecule has 18 heavy (non-hydrogen) atoms. The molecular weight excluding hydrogens is 267 g/mol. The third-order valence-electron chi connectivity index (χ3n) is 2.93. The summed E-state index contributed by atoms with van der Waals surface area (Å²) < 4.78 is 0. The van der Waals surface area contributed by atoms with Gasteiger partial charge in [0.05, 0.1) is 0 Å². The van der Waals surface area contributed by atoms with Gasteiger partial charge in [0.2, 0.25) is 0 Å². The van der Waals surface area contributed by atoms with Crippen LogP contribution in [0.4, 0.5) is 0 Å². The Morgan fingerprint density at radius 3 is 2.67 bits per heavy atom. The maximum absolute atomic E-state index is 3.45. The summed E-state index contributed by atoms with van der Waals surface area (Å²) in [6.45, 7) is 6.72. The third-order valence-corrected chi connectivity index (χ3v) is 2.93. The highest BCUT2D eigenvalue weighted by Gasteiger charge is 2.13. The normalized spacial score (nSPS) is 20.2. The highest BCUT2D eigenvalue weighted by atomic mass is 35.5. The third kappa shape index (κ3) is 5.87. The quantitative estimate of drug-likeness (QED) is 0.920. The number of hydrogen-bond acceptors (Lipinski definition) is 2. The second-order valence-corrected chi connectivity index (χ2v) is 4.43. The fourth-order valence-electron chi connectivity index (χ4n) is 2.08. The summed E-state index contributed by atoms with van der Waals surface area (Å²) in [6.07, 6.45) is 4.46. The van der Waals surface area contributed by atoms with Crippen LogP contribution in [-0.4, -0.2) is 37.1 Å². The van der Waals surface area contributed by atoms with Gasteiger partial charge in [0.15, 0.2) is 0 Å². The Kier molecular flexibility index (Phi) is 9.12. The van der Waals surface area contributed by atoms with E-state index in [2.05, 4.69) is 59.6 Å². The summed E-state index contributed by atoms with van der Waals surface area (Å²) in [6, 6.07) is 11.1. The molecule has 0 saturated carbocycles. The smallest absolute Gasteiger partial charge is 0.0167 e. The first-order valence-corrected chi connectivity index (χ1v) is 6.02. The van der Waals surface area contributed by atoms with E-state index in [-0.39, 0.29) is 24.8 Å². The van der Waals surface area contributed by atoms with Crippen LogP contribution in [-0.2, 0) is 0 Å². The molecule has 1 heterocycles. The maximum atomic E-state index is 3.45. The van der Waals surface area contributed by atoms with E-state index < -0.39 is 0 Å². The standard InChI is InChI=1S/C14H20N2.2ClH/c1-13-12-16(11-9-15-13)10-5-8-14-6-3-2-4-7-14;;/h2-8,13,15H,9-12H2,1H3;2*1H. The summed E-state index contributed by atoms with van der Waals surface area (Å²) >= 11 is 0. The first-order chi connectivity index (χ1) is 7.84. The Hall–Kier alpha value is -0.540. The minimum atomic E-state index is 0. The molecule has 102 valence electrons. The Labute approximate surface area is 122 Å². The van der Waals surface area contributed by atoms with E-state index in [1.807, 2.05) is 0 Å². The zero-order valence-electron chi connectivity index (χ0n) is 10.7. The van der Waals surface area contributed by atoms with E-state index >= 15 is 0 Å². The van der Waals surface area contributed by atoms with Crippen LogP contribution in [0.15, 0.2) is 36.4 Å². The Morgan fingerprint density at radius 2 is 2.00 bits per heavy atom. The van der Waals surface area contributed by atoms with Crippen molar-refractivity contribution in [3.8, 4) is 0 Å². The van der Waals surface area contributed by atoms with Gasteiger partial charge in [-0.15, -0.1) is 24.8 Å². The van der Waals surface area contributed by atoms with E-state index in [0.717, 1.165) is 26.2 Å². The van der Waals surface area contributed by atoms with Crippen LogP contribution < -0.4 is 5.32 Å². The zero-order valence-corrected chi connectivity index (χ0v) is 12.3. The van der Waals surface area contributed by atoms with E-state index in [4.69, 9.17) is 0 Å². The average Bonchev–Trinajstić information content (AvgIpc) is 2.30. The molecule has 2 nitrogen and oxygen atoms in total. The Bertz CT molecular complexity index is 341. The Morgan fingerprint density at radius 1 is 1.28 bits per heavy atom. The molecule has 1 fully saturated rings. The highest BCUT2D eigenvalue weighted by Crippen LogP contribution is 2.03. The lowest BCUT2D eigenvalue weighted by molar-refractivity contribution is 0.227. The van der Waals surface area contributed by atoms with Crippen molar-refractivity contribution in [3.63, 3.8) is 0 Å². The van der Waals surface area contributed by atoms with E-state index in [1.54, 1.807) is 0 Å². The van der Waals surface area contributed by atoms with Gasteiger partial charge in [-0.2, -0.15) is 0 Å². The predicted molar refractivity (Wildman–Crippen MR) is 83.9 cm³/mol. The molecule has 1 unspecified atom stereocenters. The van der Waals surface area contributed by atoms with E-state index in [9.17, 15) is 0 Å². The van der Waals surface area contributed by atoms with Crippen molar-refractivity contribution in [2.24, 2.45) is 0 Å². The van der Waals surface area contributed by atoms with Crippen molar-refractivity contribution in [2.45, 2.75) is 13.0 Å². The lowest BCUT2D eigenvalue weighted by atomic mass is 10.2. The first-order valence-electron chi connectivity index (χ1n) is 6.02. The number of hydrogen-bond donors (Lipinski definition) is 1. The first kappa shape index (κ1) is 17.5. The molecule has 0 aliphatic carbocycles. The second kappa shape index (κ2) is 9.40. The maximum Gasteiger partial charge on any atom is 0.0167 e. The van der Waals surface area contributed by atoms with Crippen LogP contribution in [0.1, 0.15) is 12.5 Å². The zero-order chi connectivity index (χ0) is 11.2. The van der Waals surface area contributed by atoms with Gasteiger partial charge in [-0.25, -0.2) is 0 Å². The molecule has 0 amide bonds. The molecule has 0 aromatic heterocycles. The number of benzene rings is 1. The van der Waals surface area contributed by atoms with E-state index in [0.29, 0.717) is 6.04 Å². The Balaban J connectivity index is 0.00000144. The van der Waals surface area contributed by atoms with Crippen molar-refractivity contribution in [2.75, 3.05) is 26.2 Å². The highest BCUT2D eigenvalue weighted by molar-refractivity contribution is 5.85. The lowest BCUT2D eigenvalue weighted by Gasteiger charge is -2.30. The topological polar surface area (TPSA) is 15.3 Å². The fourth-order valence-corrected chi connectivity index (χ4v) is 2.08. The molecule has 1 N–H and O–H groups in total. The van der Waals surface area contributed by atoms with Crippen molar-refractivity contribution in [1.29, 1.82) is 0 Å². The molecule has 0 bridgehead atoms. The van der Waals surface area contributed by atoms with Crippen LogP contribution in [0.2, 0.25) is 0 Å². The lowest BCUT2D eigenvalue weighted by Crippen LogP contribution is -2.49. The van der Waals surface area contributed by atoms with Gasteiger partial charge in [-0.05, 0) is 12.5 Å². The molecule has 1 aromatic rings. The summed E-state index contributed by atoms with van der Waals surface area (Å²) in [5.74, 6) is 0. The van der Waals surface area contributed by atoms with Gasteiger partial charge in [-0.3, -0.25) is 4.90 Å². The predicted octanol–water partition coefficient (Wildman–Crippen LogP) is 2.84. The van der Waals surface area contributed by atoms with Gasteiger partial charge in [-0.1, -0.05) is 42.5 Å². The fraction of sp³-hybridized carbons (Fsp3) is 0.429. The summed E-state index contributed by atoms with van der Waals surface area (Å²) in [5, 5.41) is 3.45. The molecule has 0 spiro atoms. The van der Waals surface area contributed by atoms with E-state index in [1.165, 1.54) is 5.56 Å². The van der Waals surface area contributed by atoms with Crippen molar-refractivity contribution < 1.29 is 0 Å². The average molecular weight is 289 g/mol. The summed E-state index contributed by atoms with van der Waals surface area (Å²) in [4.78, 5) is 2.49. The summed E-state index contributed by atoms with van der Waals surface area (Å²) in [7, 11) is 0. The van der Waals surface area contributed by atoms with Crippen molar-refractivity contribution in [3.05, 3.63) is 42.0 Å². The van der Waals surface area contributed by atoms with Crippen LogP contribution in [0.25, 0.3) is 6.08 Å². The van der Waals surface area contributed by atoms with Crippen LogP contribution in [0, 0.1) is 0 Å². The second-order valence-electron chi connectivity index (χ2n) is 4.43. The number of piperazine rings is 1. The number of nitrogens with one attached hydrogen (secondary N) is 1. The molecule has 0 radical (unpaired) electrons. The molecule has 1 aliphatic rings. The van der Waals surface area contributed by atoms with Crippen molar-refractivity contribution in [1.82, 2.24) is 10.2 Å². The number of halogens is 2. The van der Waals surface area contributed by atoms with Crippen LogP contribution in [0.3, 0.4) is 0 Å². The monoisotopic (exact) mass is 288 g/mol.